The minimum absolute atomic E-state index is 0.278. The zero-order chi connectivity index (χ0) is 10.6. The molecule has 1 aromatic rings. The summed E-state index contributed by atoms with van der Waals surface area (Å²) in [6.07, 6.45) is 0. The summed E-state index contributed by atoms with van der Waals surface area (Å²) in [5.74, 6) is 1.82. The van der Waals surface area contributed by atoms with E-state index in [1.54, 1.807) is 14.2 Å². The number of hydrogen-bond acceptors (Lipinski definition) is 3. The van der Waals surface area contributed by atoms with Crippen LogP contribution in [0.2, 0.25) is 0 Å². The molecule has 78 valence electrons. The third-order valence-electron chi connectivity index (χ3n) is 2.32. The Balaban J connectivity index is 3.14. The second-order valence-corrected chi connectivity index (χ2v) is 3.22. The quantitative estimate of drug-likeness (QED) is 0.796. The predicted molar refractivity (Wildman–Crippen MR) is 57.0 cm³/mol. The highest BCUT2D eigenvalue weighted by atomic mass is 16.5. The van der Waals surface area contributed by atoms with Crippen LogP contribution in [0.25, 0.3) is 0 Å². The van der Waals surface area contributed by atoms with Gasteiger partial charge in [-0.25, -0.2) is 0 Å². The van der Waals surface area contributed by atoms with Gasteiger partial charge in [-0.1, -0.05) is 19.1 Å². The number of rotatable bonds is 4. The van der Waals surface area contributed by atoms with Crippen LogP contribution in [0.15, 0.2) is 18.2 Å². The molecule has 0 aliphatic rings. The third kappa shape index (κ3) is 1.99. The van der Waals surface area contributed by atoms with E-state index in [2.05, 4.69) is 6.92 Å². The highest BCUT2D eigenvalue weighted by molar-refractivity contribution is 5.48. The fourth-order valence-corrected chi connectivity index (χ4v) is 1.43. The number of para-hydroxylation sites is 1. The fraction of sp³-hybridized carbons (Fsp3) is 0.455. The molecule has 0 aromatic heterocycles. The van der Waals surface area contributed by atoms with Crippen molar-refractivity contribution in [2.75, 3.05) is 20.8 Å². The molecule has 0 aliphatic heterocycles. The highest BCUT2D eigenvalue weighted by Crippen LogP contribution is 2.34. The molecule has 0 saturated carbocycles. The molecule has 0 saturated heterocycles. The summed E-state index contributed by atoms with van der Waals surface area (Å²) in [6.45, 7) is 2.67. The van der Waals surface area contributed by atoms with Crippen molar-refractivity contribution in [1.29, 1.82) is 0 Å². The number of benzene rings is 1. The van der Waals surface area contributed by atoms with E-state index in [9.17, 15) is 0 Å². The lowest BCUT2D eigenvalue weighted by atomic mass is 10.00. The van der Waals surface area contributed by atoms with Crippen LogP contribution in [0.5, 0.6) is 11.5 Å². The average Bonchev–Trinajstić information content (AvgIpc) is 2.26. The van der Waals surface area contributed by atoms with Gasteiger partial charge in [-0.15, -0.1) is 0 Å². The molecule has 0 spiro atoms. The lowest BCUT2D eigenvalue weighted by Gasteiger charge is -2.16. The Morgan fingerprint density at radius 2 is 2.00 bits per heavy atom. The van der Waals surface area contributed by atoms with Gasteiger partial charge >= 0.3 is 0 Å². The molecule has 0 amide bonds. The zero-order valence-electron chi connectivity index (χ0n) is 8.91. The largest absolute Gasteiger partial charge is 0.493 e. The molecule has 1 atom stereocenters. The maximum Gasteiger partial charge on any atom is 0.164 e. The number of hydrogen-bond donors (Lipinski definition) is 1. The van der Waals surface area contributed by atoms with Crippen LogP contribution in [0, 0.1) is 0 Å². The van der Waals surface area contributed by atoms with Gasteiger partial charge < -0.3 is 15.2 Å². The maximum atomic E-state index is 5.62. The molecule has 14 heavy (non-hydrogen) atoms. The van der Waals surface area contributed by atoms with Gasteiger partial charge in [0.2, 0.25) is 0 Å². The molecule has 0 heterocycles. The molecule has 2 N–H and O–H groups in total. The number of nitrogens with two attached hydrogens (primary N) is 1. The molecular weight excluding hydrogens is 178 g/mol. The molecule has 1 rings (SSSR count). The van der Waals surface area contributed by atoms with Crippen molar-refractivity contribution in [2.45, 2.75) is 12.8 Å². The maximum absolute atomic E-state index is 5.62. The smallest absolute Gasteiger partial charge is 0.164 e. The van der Waals surface area contributed by atoms with E-state index in [0.717, 1.165) is 17.1 Å². The minimum Gasteiger partial charge on any atom is -0.493 e. The van der Waals surface area contributed by atoms with Crippen molar-refractivity contribution in [1.82, 2.24) is 0 Å². The average molecular weight is 195 g/mol. The summed E-state index contributed by atoms with van der Waals surface area (Å²) in [7, 11) is 3.28. The molecule has 0 radical (unpaired) electrons. The van der Waals surface area contributed by atoms with E-state index in [4.69, 9.17) is 15.2 Å². The summed E-state index contributed by atoms with van der Waals surface area (Å²) in [5, 5.41) is 0. The number of ether oxygens (including phenoxy) is 2. The third-order valence-corrected chi connectivity index (χ3v) is 2.32. The van der Waals surface area contributed by atoms with Crippen molar-refractivity contribution in [3.05, 3.63) is 23.8 Å². The summed E-state index contributed by atoms with van der Waals surface area (Å²) in [6, 6.07) is 5.84. The topological polar surface area (TPSA) is 44.5 Å². The second kappa shape index (κ2) is 4.86. The lowest BCUT2D eigenvalue weighted by Crippen LogP contribution is -2.10. The van der Waals surface area contributed by atoms with Crippen molar-refractivity contribution < 1.29 is 9.47 Å². The molecule has 0 fully saturated rings. The molecule has 0 aliphatic carbocycles. The SMILES string of the molecule is COc1cccc(C(C)CN)c1OC. The Morgan fingerprint density at radius 3 is 2.50 bits per heavy atom. The first kappa shape index (κ1) is 10.9. The predicted octanol–water partition coefficient (Wildman–Crippen LogP) is 1.77. The Labute approximate surface area is 84.8 Å². The molecular formula is C11H17NO2. The van der Waals surface area contributed by atoms with Gasteiger partial charge in [0, 0.05) is 5.56 Å². The van der Waals surface area contributed by atoms with Gasteiger partial charge in [0.1, 0.15) is 0 Å². The van der Waals surface area contributed by atoms with Crippen LogP contribution in [-0.2, 0) is 0 Å². The van der Waals surface area contributed by atoms with Crippen molar-refractivity contribution in [3.8, 4) is 11.5 Å². The normalized spacial score (nSPS) is 12.3. The molecule has 3 heteroatoms. The van der Waals surface area contributed by atoms with Crippen LogP contribution < -0.4 is 15.2 Å². The minimum atomic E-state index is 0.278. The lowest BCUT2D eigenvalue weighted by molar-refractivity contribution is 0.350. The van der Waals surface area contributed by atoms with Crippen molar-refractivity contribution in [2.24, 2.45) is 5.73 Å². The fourth-order valence-electron chi connectivity index (χ4n) is 1.43. The van der Waals surface area contributed by atoms with Gasteiger partial charge in [0.05, 0.1) is 14.2 Å². The van der Waals surface area contributed by atoms with Crippen molar-refractivity contribution in [3.63, 3.8) is 0 Å². The summed E-state index contributed by atoms with van der Waals surface area (Å²) < 4.78 is 10.5. The standard InChI is InChI=1S/C11H17NO2/c1-8(7-12)9-5-4-6-10(13-2)11(9)14-3/h4-6,8H,7,12H2,1-3H3. The molecule has 0 bridgehead atoms. The van der Waals surface area contributed by atoms with Crippen LogP contribution in [0.4, 0.5) is 0 Å². The molecule has 1 unspecified atom stereocenters. The first-order chi connectivity index (χ1) is 6.74. The molecule has 3 nitrogen and oxygen atoms in total. The van der Waals surface area contributed by atoms with Crippen molar-refractivity contribution >= 4 is 0 Å². The second-order valence-electron chi connectivity index (χ2n) is 3.22. The van der Waals surface area contributed by atoms with Gasteiger partial charge in [-0.2, -0.15) is 0 Å². The summed E-state index contributed by atoms with van der Waals surface area (Å²) in [5.41, 5.74) is 6.71. The van der Waals surface area contributed by atoms with E-state index >= 15 is 0 Å². The van der Waals surface area contributed by atoms with Crippen LogP contribution in [0.1, 0.15) is 18.4 Å². The zero-order valence-corrected chi connectivity index (χ0v) is 8.91. The Morgan fingerprint density at radius 1 is 1.29 bits per heavy atom. The summed E-state index contributed by atoms with van der Waals surface area (Å²) >= 11 is 0. The Hall–Kier alpha value is -1.22. The van der Waals surface area contributed by atoms with Gasteiger partial charge in [0.15, 0.2) is 11.5 Å². The first-order valence-corrected chi connectivity index (χ1v) is 4.65. The first-order valence-electron chi connectivity index (χ1n) is 4.65. The van der Waals surface area contributed by atoms with Gasteiger partial charge in [-0.05, 0) is 18.5 Å². The van der Waals surface area contributed by atoms with E-state index in [1.807, 2.05) is 18.2 Å². The number of methoxy groups -OCH3 is 2. The van der Waals surface area contributed by atoms with E-state index in [-0.39, 0.29) is 5.92 Å². The van der Waals surface area contributed by atoms with Crippen LogP contribution in [-0.4, -0.2) is 20.8 Å². The van der Waals surface area contributed by atoms with Crippen LogP contribution in [0.3, 0.4) is 0 Å². The highest BCUT2D eigenvalue weighted by Gasteiger charge is 2.13. The van der Waals surface area contributed by atoms with E-state index < -0.39 is 0 Å². The molecule has 1 aromatic carbocycles. The summed E-state index contributed by atoms with van der Waals surface area (Å²) in [4.78, 5) is 0. The Bertz CT molecular complexity index is 299. The van der Waals surface area contributed by atoms with Crippen LogP contribution >= 0.6 is 0 Å². The van der Waals surface area contributed by atoms with E-state index in [1.165, 1.54) is 0 Å². The van der Waals surface area contributed by atoms with E-state index in [0.29, 0.717) is 6.54 Å². The van der Waals surface area contributed by atoms with Gasteiger partial charge in [0.25, 0.3) is 0 Å². The van der Waals surface area contributed by atoms with Gasteiger partial charge in [-0.3, -0.25) is 0 Å². The monoisotopic (exact) mass is 195 g/mol. The Kier molecular flexibility index (Phi) is 3.77.